The third-order valence-corrected chi connectivity index (χ3v) is 5.30. The van der Waals surface area contributed by atoms with E-state index in [2.05, 4.69) is 20.9 Å². The van der Waals surface area contributed by atoms with Gasteiger partial charge in [-0.25, -0.2) is 9.78 Å². The Morgan fingerprint density at radius 2 is 2.22 bits per heavy atom. The summed E-state index contributed by atoms with van der Waals surface area (Å²) in [5, 5.41) is 0. The summed E-state index contributed by atoms with van der Waals surface area (Å²) in [6.07, 6.45) is 2.31. The average molecular weight is 434 g/mol. The maximum Gasteiger partial charge on any atom is 0.410 e. The van der Waals surface area contributed by atoms with Crippen molar-refractivity contribution in [2.24, 2.45) is 0 Å². The SMILES string of the molecule is CC(C)(C)OC(=O)N1CCCC1c1nc2c([nH]1)CCOc1cc(Br)ccc1-2. The van der Waals surface area contributed by atoms with Gasteiger partial charge in [-0.05, 0) is 51.8 Å². The standard InChI is InChI=1S/C20H24BrN3O3/c1-20(2,3)27-19(25)24-9-4-5-15(24)18-22-14-8-10-26-16-11-12(21)6-7-13(16)17(14)23-18/h6-7,11,15H,4-5,8-10H2,1-3H3,(H,22,23). The number of hydrogen-bond donors (Lipinski definition) is 1. The molecular formula is C20H24BrN3O3. The first-order valence-electron chi connectivity index (χ1n) is 9.33. The number of carbonyl (C=O) groups excluding carboxylic acids is 1. The van der Waals surface area contributed by atoms with Crippen molar-refractivity contribution in [3.8, 4) is 17.0 Å². The van der Waals surface area contributed by atoms with Crippen LogP contribution in [-0.4, -0.2) is 39.7 Å². The molecule has 1 saturated heterocycles. The smallest absolute Gasteiger partial charge is 0.410 e. The van der Waals surface area contributed by atoms with Gasteiger partial charge < -0.3 is 14.5 Å². The van der Waals surface area contributed by atoms with E-state index >= 15 is 0 Å². The molecule has 0 saturated carbocycles. The minimum Gasteiger partial charge on any atom is -0.492 e. The van der Waals surface area contributed by atoms with E-state index in [-0.39, 0.29) is 12.1 Å². The van der Waals surface area contributed by atoms with Gasteiger partial charge in [0.05, 0.1) is 18.3 Å². The largest absolute Gasteiger partial charge is 0.492 e. The van der Waals surface area contributed by atoms with Gasteiger partial charge >= 0.3 is 6.09 Å². The predicted octanol–water partition coefficient (Wildman–Crippen LogP) is 4.85. The molecule has 144 valence electrons. The molecule has 2 aliphatic rings. The summed E-state index contributed by atoms with van der Waals surface area (Å²) >= 11 is 3.50. The van der Waals surface area contributed by atoms with Gasteiger partial charge in [0, 0.05) is 28.7 Å². The van der Waals surface area contributed by atoms with Crippen LogP contribution in [0.15, 0.2) is 22.7 Å². The first-order chi connectivity index (χ1) is 12.8. The van der Waals surface area contributed by atoms with Crippen molar-refractivity contribution < 1.29 is 14.3 Å². The van der Waals surface area contributed by atoms with Crippen LogP contribution >= 0.6 is 15.9 Å². The molecule has 6 nitrogen and oxygen atoms in total. The number of aromatic nitrogens is 2. The van der Waals surface area contributed by atoms with Crippen molar-refractivity contribution in [1.29, 1.82) is 0 Å². The zero-order valence-electron chi connectivity index (χ0n) is 15.8. The predicted molar refractivity (Wildman–Crippen MR) is 106 cm³/mol. The molecule has 2 aromatic rings. The summed E-state index contributed by atoms with van der Waals surface area (Å²) in [7, 11) is 0. The van der Waals surface area contributed by atoms with Crippen LogP contribution in [0, 0.1) is 0 Å². The van der Waals surface area contributed by atoms with E-state index in [1.54, 1.807) is 4.90 Å². The van der Waals surface area contributed by atoms with Crippen LogP contribution in [-0.2, 0) is 11.2 Å². The maximum absolute atomic E-state index is 12.6. The molecule has 1 fully saturated rings. The summed E-state index contributed by atoms with van der Waals surface area (Å²) in [6.45, 7) is 6.95. The summed E-state index contributed by atoms with van der Waals surface area (Å²) < 4.78 is 12.4. The molecule has 1 aromatic carbocycles. The third kappa shape index (κ3) is 3.70. The van der Waals surface area contributed by atoms with E-state index in [1.807, 2.05) is 39.0 Å². The zero-order chi connectivity index (χ0) is 19.2. The van der Waals surface area contributed by atoms with Gasteiger partial charge in [-0.2, -0.15) is 0 Å². The van der Waals surface area contributed by atoms with E-state index in [0.717, 1.165) is 52.3 Å². The molecule has 0 spiro atoms. The number of imidazole rings is 1. The number of halogens is 1. The van der Waals surface area contributed by atoms with Crippen molar-refractivity contribution in [3.05, 3.63) is 34.2 Å². The Labute approximate surface area is 167 Å². The molecule has 0 aliphatic carbocycles. The number of amides is 1. The second-order valence-corrected chi connectivity index (χ2v) is 8.94. The molecule has 1 aromatic heterocycles. The zero-order valence-corrected chi connectivity index (χ0v) is 17.4. The average Bonchev–Trinajstić information content (AvgIpc) is 3.17. The second-order valence-electron chi connectivity index (χ2n) is 8.02. The van der Waals surface area contributed by atoms with Crippen molar-refractivity contribution in [2.45, 2.75) is 51.7 Å². The fourth-order valence-corrected chi connectivity index (χ4v) is 4.00. The number of aromatic amines is 1. The molecule has 2 aliphatic heterocycles. The highest BCUT2D eigenvalue weighted by molar-refractivity contribution is 9.10. The van der Waals surface area contributed by atoms with Gasteiger partial charge in [0.2, 0.25) is 0 Å². The number of hydrogen-bond acceptors (Lipinski definition) is 4. The summed E-state index contributed by atoms with van der Waals surface area (Å²) in [5.41, 5.74) is 2.45. The lowest BCUT2D eigenvalue weighted by Gasteiger charge is -2.27. The number of likely N-dealkylation sites (tertiary alicyclic amines) is 1. The number of ether oxygens (including phenoxy) is 2. The number of nitrogens with zero attached hydrogens (tertiary/aromatic N) is 2. The normalized spacial score (nSPS) is 19.1. The van der Waals surface area contributed by atoms with Gasteiger partial charge in [0.25, 0.3) is 0 Å². The molecule has 1 unspecified atom stereocenters. The number of benzene rings is 1. The third-order valence-electron chi connectivity index (χ3n) is 4.80. The Balaban J connectivity index is 1.66. The van der Waals surface area contributed by atoms with E-state index < -0.39 is 5.60 Å². The van der Waals surface area contributed by atoms with Crippen molar-refractivity contribution in [1.82, 2.24) is 14.9 Å². The quantitative estimate of drug-likeness (QED) is 0.697. The minimum atomic E-state index is -0.506. The van der Waals surface area contributed by atoms with Crippen molar-refractivity contribution in [3.63, 3.8) is 0 Å². The van der Waals surface area contributed by atoms with Crippen LogP contribution in [0.1, 0.15) is 51.2 Å². The van der Waals surface area contributed by atoms with E-state index in [1.165, 1.54) is 0 Å². The highest BCUT2D eigenvalue weighted by Gasteiger charge is 2.36. The van der Waals surface area contributed by atoms with Crippen LogP contribution < -0.4 is 4.74 Å². The molecule has 0 bridgehead atoms. The van der Waals surface area contributed by atoms with Gasteiger partial charge in [-0.3, -0.25) is 4.90 Å². The Bertz CT molecular complexity index is 872. The number of carbonyl (C=O) groups is 1. The van der Waals surface area contributed by atoms with Gasteiger partial charge in [0.1, 0.15) is 17.2 Å². The lowest BCUT2D eigenvalue weighted by molar-refractivity contribution is 0.0218. The van der Waals surface area contributed by atoms with E-state index in [0.29, 0.717) is 13.2 Å². The Morgan fingerprint density at radius 1 is 1.41 bits per heavy atom. The van der Waals surface area contributed by atoms with Crippen LogP contribution in [0.25, 0.3) is 11.3 Å². The number of nitrogens with one attached hydrogen (secondary N) is 1. The first-order valence-corrected chi connectivity index (χ1v) is 10.1. The summed E-state index contributed by atoms with van der Waals surface area (Å²) in [4.78, 5) is 22.8. The molecule has 1 N–H and O–H groups in total. The van der Waals surface area contributed by atoms with E-state index in [9.17, 15) is 4.79 Å². The highest BCUT2D eigenvalue weighted by Crippen LogP contribution is 2.39. The number of rotatable bonds is 1. The summed E-state index contributed by atoms with van der Waals surface area (Å²) in [5.74, 6) is 1.66. The number of H-pyrrole nitrogens is 1. The maximum atomic E-state index is 12.6. The topological polar surface area (TPSA) is 67.5 Å². The monoisotopic (exact) mass is 433 g/mol. The fourth-order valence-electron chi connectivity index (χ4n) is 3.66. The molecule has 27 heavy (non-hydrogen) atoms. The van der Waals surface area contributed by atoms with Crippen LogP contribution in [0.4, 0.5) is 4.79 Å². The molecule has 4 rings (SSSR count). The molecular weight excluding hydrogens is 410 g/mol. The Kier molecular flexibility index (Phi) is 4.66. The van der Waals surface area contributed by atoms with E-state index in [4.69, 9.17) is 14.5 Å². The fraction of sp³-hybridized carbons (Fsp3) is 0.500. The van der Waals surface area contributed by atoms with Crippen LogP contribution in [0.5, 0.6) is 5.75 Å². The molecule has 1 amide bonds. The van der Waals surface area contributed by atoms with Crippen molar-refractivity contribution >= 4 is 22.0 Å². The lowest BCUT2D eigenvalue weighted by Crippen LogP contribution is -2.36. The molecule has 7 heteroatoms. The molecule has 0 radical (unpaired) electrons. The number of fused-ring (bicyclic) bond motifs is 3. The first kappa shape index (κ1) is 18.3. The molecule has 3 heterocycles. The molecule has 1 atom stereocenters. The second kappa shape index (κ2) is 6.86. The van der Waals surface area contributed by atoms with Crippen LogP contribution in [0.3, 0.4) is 0 Å². The van der Waals surface area contributed by atoms with Gasteiger partial charge in [-0.15, -0.1) is 0 Å². The van der Waals surface area contributed by atoms with Gasteiger partial charge in [0.15, 0.2) is 0 Å². The summed E-state index contributed by atoms with van der Waals surface area (Å²) in [6, 6.07) is 5.91. The Hall–Kier alpha value is -2.02. The van der Waals surface area contributed by atoms with Crippen LogP contribution in [0.2, 0.25) is 0 Å². The Morgan fingerprint density at radius 3 is 3.00 bits per heavy atom. The minimum absolute atomic E-state index is 0.0772. The lowest BCUT2D eigenvalue weighted by atomic mass is 10.1. The van der Waals surface area contributed by atoms with Crippen molar-refractivity contribution in [2.75, 3.05) is 13.2 Å². The highest BCUT2D eigenvalue weighted by atomic mass is 79.9. The van der Waals surface area contributed by atoms with Gasteiger partial charge in [-0.1, -0.05) is 15.9 Å².